The van der Waals surface area contributed by atoms with Crippen molar-refractivity contribution in [1.29, 1.82) is 0 Å². The summed E-state index contributed by atoms with van der Waals surface area (Å²) in [6, 6.07) is 9.52. The van der Waals surface area contributed by atoms with Crippen LogP contribution >= 0.6 is 0 Å². The molecule has 0 bridgehead atoms. The minimum absolute atomic E-state index is 0.296. The van der Waals surface area contributed by atoms with Gasteiger partial charge in [-0.05, 0) is 24.0 Å². The zero-order chi connectivity index (χ0) is 15.1. The first-order valence-electron chi connectivity index (χ1n) is 8.08. The summed E-state index contributed by atoms with van der Waals surface area (Å²) in [4.78, 5) is 7.57. The summed E-state index contributed by atoms with van der Waals surface area (Å²) < 4.78 is 0. The van der Waals surface area contributed by atoms with Crippen LogP contribution in [0.1, 0.15) is 39.3 Å². The van der Waals surface area contributed by atoms with Crippen molar-refractivity contribution in [3.05, 3.63) is 42.0 Å². The Hall–Kier alpha value is -1.57. The fraction of sp³-hybridized carbons (Fsp3) is 0.526. The second kappa shape index (κ2) is 5.32. The Kier molecular flexibility index (Phi) is 3.64. The van der Waals surface area contributed by atoms with Crippen molar-refractivity contribution >= 4 is 11.4 Å². The van der Waals surface area contributed by atoms with Crippen LogP contribution < -0.4 is 4.90 Å². The molecule has 4 atom stereocenters. The van der Waals surface area contributed by atoms with Crippen LogP contribution in [0.2, 0.25) is 0 Å². The van der Waals surface area contributed by atoms with Gasteiger partial charge in [-0.15, -0.1) is 0 Å². The van der Waals surface area contributed by atoms with Gasteiger partial charge in [-0.25, -0.2) is 0 Å². The molecule has 0 aliphatic carbocycles. The van der Waals surface area contributed by atoms with Gasteiger partial charge in [0.05, 0.1) is 12.1 Å². The van der Waals surface area contributed by atoms with Gasteiger partial charge in [0.15, 0.2) is 0 Å². The standard InChI is InChI=1S/C19H26N2/c1-12(2)10-11-16-13(3)14(4)19-18(20-16)15-8-6-7-9-17(15)21(19)5/h6-14,18-19H,1-5H3/b11-10-. The largest absolute Gasteiger partial charge is 0.369 e. The van der Waals surface area contributed by atoms with Gasteiger partial charge in [0.2, 0.25) is 0 Å². The van der Waals surface area contributed by atoms with Gasteiger partial charge in [-0.1, -0.05) is 52.0 Å². The molecule has 0 saturated heterocycles. The molecule has 0 spiro atoms. The third-order valence-electron chi connectivity index (χ3n) is 5.14. The van der Waals surface area contributed by atoms with Crippen LogP contribution in [0.25, 0.3) is 0 Å². The number of allylic oxidation sites excluding steroid dienone is 2. The van der Waals surface area contributed by atoms with E-state index >= 15 is 0 Å². The Morgan fingerprint density at radius 1 is 1.19 bits per heavy atom. The Balaban J connectivity index is 2.03. The summed E-state index contributed by atoms with van der Waals surface area (Å²) in [5.74, 6) is 1.70. The molecule has 2 aliphatic rings. The zero-order valence-electron chi connectivity index (χ0n) is 13.7. The molecule has 2 heterocycles. The first-order valence-corrected chi connectivity index (χ1v) is 8.08. The molecule has 0 saturated carbocycles. The predicted octanol–water partition coefficient (Wildman–Crippen LogP) is 4.49. The van der Waals surface area contributed by atoms with Gasteiger partial charge in [0.25, 0.3) is 0 Å². The third-order valence-corrected chi connectivity index (χ3v) is 5.14. The molecular weight excluding hydrogens is 256 g/mol. The molecule has 4 unspecified atom stereocenters. The summed E-state index contributed by atoms with van der Waals surface area (Å²) >= 11 is 0. The molecule has 0 N–H and O–H groups in total. The normalized spacial score (nSPS) is 31.5. The van der Waals surface area contributed by atoms with Gasteiger partial charge < -0.3 is 4.90 Å². The lowest BCUT2D eigenvalue weighted by Crippen LogP contribution is -2.43. The van der Waals surface area contributed by atoms with Gasteiger partial charge in [-0.3, -0.25) is 4.99 Å². The minimum Gasteiger partial charge on any atom is -0.369 e. The second-order valence-electron chi connectivity index (χ2n) is 6.91. The van der Waals surface area contributed by atoms with E-state index in [-0.39, 0.29) is 0 Å². The highest BCUT2D eigenvalue weighted by Gasteiger charge is 2.44. The van der Waals surface area contributed by atoms with Crippen molar-refractivity contribution in [2.24, 2.45) is 22.7 Å². The first kappa shape index (κ1) is 14.4. The molecule has 112 valence electrons. The van der Waals surface area contributed by atoms with Crippen LogP contribution in [0.15, 0.2) is 41.4 Å². The number of para-hydroxylation sites is 1. The zero-order valence-corrected chi connectivity index (χ0v) is 13.7. The molecule has 1 aromatic carbocycles. The monoisotopic (exact) mass is 282 g/mol. The topological polar surface area (TPSA) is 15.6 Å². The molecule has 1 aromatic rings. The first-order chi connectivity index (χ1) is 10.0. The number of hydrogen-bond acceptors (Lipinski definition) is 2. The van der Waals surface area contributed by atoms with Gasteiger partial charge >= 0.3 is 0 Å². The number of benzene rings is 1. The maximum atomic E-state index is 5.13. The highest BCUT2D eigenvalue weighted by Crippen LogP contribution is 2.47. The van der Waals surface area contributed by atoms with E-state index in [0.717, 1.165) is 0 Å². The lowest BCUT2D eigenvalue weighted by atomic mass is 9.78. The maximum absolute atomic E-state index is 5.13. The Morgan fingerprint density at radius 3 is 2.62 bits per heavy atom. The quantitative estimate of drug-likeness (QED) is 0.780. The smallest absolute Gasteiger partial charge is 0.0978 e. The highest BCUT2D eigenvalue weighted by atomic mass is 15.2. The van der Waals surface area contributed by atoms with E-state index in [1.807, 2.05) is 0 Å². The van der Waals surface area contributed by atoms with E-state index in [1.165, 1.54) is 17.0 Å². The van der Waals surface area contributed by atoms with Crippen molar-refractivity contribution in [1.82, 2.24) is 0 Å². The molecule has 0 aromatic heterocycles. The van der Waals surface area contributed by atoms with E-state index in [0.29, 0.717) is 29.8 Å². The summed E-state index contributed by atoms with van der Waals surface area (Å²) in [6.07, 6.45) is 4.52. The molecule has 2 aliphatic heterocycles. The number of anilines is 1. The molecule has 0 amide bonds. The number of hydrogen-bond donors (Lipinski definition) is 0. The van der Waals surface area contributed by atoms with E-state index in [1.54, 1.807) is 0 Å². The third kappa shape index (κ3) is 2.31. The fourth-order valence-corrected chi connectivity index (χ4v) is 3.73. The van der Waals surface area contributed by atoms with Crippen molar-refractivity contribution in [2.45, 2.75) is 39.8 Å². The van der Waals surface area contributed by atoms with E-state index < -0.39 is 0 Å². The summed E-state index contributed by atoms with van der Waals surface area (Å²) in [7, 11) is 2.22. The van der Waals surface area contributed by atoms with Crippen LogP contribution in [-0.2, 0) is 0 Å². The summed E-state index contributed by atoms with van der Waals surface area (Å²) in [6.45, 7) is 9.13. The van der Waals surface area contributed by atoms with Crippen LogP contribution in [-0.4, -0.2) is 18.8 Å². The Bertz CT molecular complexity index is 585. The molecule has 2 nitrogen and oxygen atoms in total. The fourth-order valence-electron chi connectivity index (χ4n) is 3.73. The number of likely N-dealkylation sites (N-methyl/N-ethyl adjacent to an activating group) is 1. The lowest BCUT2D eigenvalue weighted by molar-refractivity contribution is 0.333. The van der Waals surface area contributed by atoms with Gasteiger partial charge in [0, 0.05) is 29.9 Å². The average Bonchev–Trinajstić information content (AvgIpc) is 2.75. The predicted molar refractivity (Wildman–Crippen MR) is 91.1 cm³/mol. The van der Waals surface area contributed by atoms with Crippen molar-refractivity contribution in [3.8, 4) is 0 Å². The van der Waals surface area contributed by atoms with E-state index in [4.69, 9.17) is 4.99 Å². The molecular formula is C19H26N2. The van der Waals surface area contributed by atoms with Gasteiger partial charge in [-0.2, -0.15) is 0 Å². The van der Waals surface area contributed by atoms with Crippen LogP contribution in [0.3, 0.4) is 0 Å². The minimum atomic E-state index is 0.296. The number of aliphatic imine (C=N–C) groups is 1. The molecule has 0 fully saturated rings. The molecule has 2 heteroatoms. The summed E-state index contributed by atoms with van der Waals surface area (Å²) in [5.41, 5.74) is 4.01. The average molecular weight is 282 g/mol. The molecule has 0 radical (unpaired) electrons. The van der Waals surface area contributed by atoms with Crippen molar-refractivity contribution in [2.75, 3.05) is 11.9 Å². The SMILES string of the molecule is CC(C)/C=C\C1=NC2c3ccccc3N(C)C2C(C)C1C. The van der Waals surface area contributed by atoms with E-state index in [9.17, 15) is 0 Å². The second-order valence-corrected chi connectivity index (χ2v) is 6.91. The highest BCUT2D eigenvalue weighted by molar-refractivity contribution is 5.98. The summed E-state index contributed by atoms with van der Waals surface area (Å²) in [5, 5.41) is 0. The lowest BCUT2D eigenvalue weighted by Gasteiger charge is -2.38. The molecule has 21 heavy (non-hydrogen) atoms. The van der Waals surface area contributed by atoms with Crippen LogP contribution in [0.5, 0.6) is 0 Å². The maximum Gasteiger partial charge on any atom is 0.0978 e. The van der Waals surface area contributed by atoms with E-state index in [2.05, 4.69) is 76.1 Å². The van der Waals surface area contributed by atoms with Crippen LogP contribution in [0.4, 0.5) is 5.69 Å². The Labute approximate surface area is 128 Å². The number of nitrogens with zero attached hydrogens (tertiary/aromatic N) is 2. The molecule has 3 rings (SSSR count). The Morgan fingerprint density at radius 2 is 1.90 bits per heavy atom. The van der Waals surface area contributed by atoms with Crippen molar-refractivity contribution in [3.63, 3.8) is 0 Å². The van der Waals surface area contributed by atoms with Gasteiger partial charge in [0.1, 0.15) is 0 Å². The number of fused-ring (bicyclic) bond motifs is 3. The van der Waals surface area contributed by atoms with Crippen molar-refractivity contribution < 1.29 is 0 Å². The van der Waals surface area contributed by atoms with Crippen LogP contribution in [0, 0.1) is 17.8 Å². The number of rotatable bonds is 2.